The molecule has 0 saturated heterocycles. The van der Waals surface area contributed by atoms with Gasteiger partial charge < -0.3 is 15.4 Å². The highest BCUT2D eigenvalue weighted by atomic mass is 79.9. The SMILES string of the molecule is COc1ccccc1Nc1nc(C)cc(Nc2ccc(C)c(Br)c2)n1. The van der Waals surface area contributed by atoms with Crippen LogP contribution in [-0.2, 0) is 0 Å². The Kier molecular flexibility index (Phi) is 5.19. The van der Waals surface area contributed by atoms with Crippen molar-refractivity contribution in [2.45, 2.75) is 13.8 Å². The summed E-state index contributed by atoms with van der Waals surface area (Å²) in [6.07, 6.45) is 0. The van der Waals surface area contributed by atoms with Crippen LogP contribution in [0.15, 0.2) is 53.0 Å². The second kappa shape index (κ2) is 7.53. The predicted molar refractivity (Wildman–Crippen MR) is 105 cm³/mol. The lowest BCUT2D eigenvalue weighted by Crippen LogP contribution is -2.03. The van der Waals surface area contributed by atoms with Crippen LogP contribution in [-0.4, -0.2) is 17.1 Å². The van der Waals surface area contributed by atoms with Crippen LogP contribution in [0.5, 0.6) is 5.75 Å². The highest BCUT2D eigenvalue weighted by Gasteiger charge is 2.07. The number of rotatable bonds is 5. The second-order valence-electron chi connectivity index (χ2n) is 5.63. The molecule has 0 amide bonds. The van der Waals surface area contributed by atoms with Gasteiger partial charge in [-0.1, -0.05) is 34.1 Å². The quantitative estimate of drug-likeness (QED) is 0.606. The van der Waals surface area contributed by atoms with Crippen molar-refractivity contribution >= 4 is 39.1 Å². The molecule has 3 rings (SSSR count). The fourth-order valence-electron chi connectivity index (χ4n) is 2.38. The topological polar surface area (TPSA) is 59.1 Å². The second-order valence-corrected chi connectivity index (χ2v) is 6.49. The minimum absolute atomic E-state index is 0.512. The number of nitrogens with one attached hydrogen (secondary N) is 2. The van der Waals surface area contributed by atoms with E-state index in [9.17, 15) is 0 Å². The van der Waals surface area contributed by atoms with E-state index in [0.29, 0.717) is 5.95 Å². The number of hydrogen-bond donors (Lipinski definition) is 2. The van der Waals surface area contributed by atoms with E-state index in [0.717, 1.165) is 33.1 Å². The first-order valence-electron chi connectivity index (χ1n) is 7.84. The standard InChI is InChI=1S/C19H19BrN4O/c1-12-8-9-14(11-15(12)20)22-18-10-13(2)21-19(24-18)23-16-6-4-5-7-17(16)25-3/h4-11H,1-3H3,(H2,21,22,23,24). The monoisotopic (exact) mass is 398 g/mol. The molecule has 3 aromatic rings. The van der Waals surface area contributed by atoms with Gasteiger partial charge in [0.2, 0.25) is 5.95 Å². The van der Waals surface area contributed by atoms with Gasteiger partial charge in [0.1, 0.15) is 11.6 Å². The van der Waals surface area contributed by atoms with Gasteiger partial charge in [0.15, 0.2) is 0 Å². The lowest BCUT2D eigenvalue weighted by atomic mass is 10.2. The Morgan fingerprint density at radius 1 is 0.960 bits per heavy atom. The normalized spacial score (nSPS) is 10.4. The third-order valence-corrected chi connectivity index (χ3v) is 4.51. The van der Waals surface area contributed by atoms with Gasteiger partial charge in [0.05, 0.1) is 12.8 Å². The molecule has 2 N–H and O–H groups in total. The predicted octanol–water partition coefficient (Wildman–Crippen LogP) is 5.35. The van der Waals surface area contributed by atoms with Crippen LogP contribution in [0.2, 0.25) is 0 Å². The number of hydrogen-bond acceptors (Lipinski definition) is 5. The summed E-state index contributed by atoms with van der Waals surface area (Å²) in [4.78, 5) is 9.00. The molecule has 0 atom stereocenters. The van der Waals surface area contributed by atoms with Crippen LogP contribution in [0.1, 0.15) is 11.3 Å². The minimum Gasteiger partial charge on any atom is -0.495 e. The van der Waals surface area contributed by atoms with Gasteiger partial charge in [-0.2, -0.15) is 4.98 Å². The first kappa shape index (κ1) is 17.2. The van der Waals surface area contributed by atoms with Gasteiger partial charge >= 0.3 is 0 Å². The molecular formula is C19H19BrN4O. The Bertz CT molecular complexity index is 898. The highest BCUT2D eigenvalue weighted by molar-refractivity contribution is 9.10. The number of para-hydroxylation sites is 2. The largest absolute Gasteiger partial charge is 0.495 e. The molecule has 0 fully saturated rings. The van der Waals surface area contributed by atoms with Crippen LogP contribution in [0.3, 0.4) is 0 Å². The summed E-state index contributed by atoms with van der Waals surface area (Å²) in [5.41, 5.74) is 3.82. The number of benzene rings is 2. The fraction of sp³-hybridized carbons (Fsp3) is 0.158. The average molecular weight is 399 g/mol. The number of aromatic nitrogens is 2. The van der Waals surface area contributed by atoms with Crippen LogP contribution in [0.4, 0.5) is 23.1 Å². The summed E-state index contributed by atoms with van der Waals surface area (Å²) in [5, 5.41) is 6.53. The first-order chi connectivity index (χ1) is 12.0. The van der Waals surface area contributed by atoms with Gasteiger partial charge in [-0.15, -0.1) is 0 Å². The zero-order valence-corrected chi connectivity index (χ0v) is 15.9. The van der Waals surface area contributed by atoms with Gasteiger partial charge in [0.25, 0.3) is 0 Å². The number of halogens is 1. The number of aryl methyl sites for hydroxylation is 2. The molecule has 1 aromatic heterocycles. The third-order valence-electron chi connectivity index (χ3n) is 3.65. The molecule has 6 heteroatoms. The van der Waals surface area contributed by atoms with Crippen molar-refractivity contribution in [3.63, 3.8) is 0 Å². The molecule has 0 aliphatic heterocycles. The zero-order chi connectivity index (χ0) is 17.8. The lowest BCUT2D eigenvalue weighted by molar-refractivity contribution is 0.417. The Hall–Kier alpha value is -2.60. The molecule has 0 aliphatic rings. The number of methoxy groups -OCH3 is 1. The molecule has 1 heterocycles. The molecule has 128 valence electrons. The summed E-state index contributed by atoms with van der Waals surface area (Å²) >= 11 is 3.55. The maximum Gasteiger partial charge on any atom is 0.229 e. The summed E-state index contributed by atoms with van der Waals surface area (Å²) in [7, 11) is 1.64. The van der Waals surface area contributed by atoms with Crippen molar-refractivity contribution in [2.24, 2.45) is 0 Å². The first-order valence-corrected chi connectivity index (χ1v) is 8.63. The molecule has 0 unspecified atom stereocenters. The van der Waals surface area contributed by atoms with Crippen molar-refractivity contribution in [2.75, 3.05) is 17.7 Å². The van der Waals surface area contributed by atoms with Gasteiger partial charge in [-0.25, -0.2) is 4.98 Å². The summed E-state index contributed by atoms with van der Waals surface area (Å²) in [6.45, 7) is 3.99. The lowest BCUT2D eigenvalue weighted by Gasteiger charge is -2.12. The zero-order valence-electron chi connectivity index (χ0n) is 14.3. The van der Waals surface area contributed by atoms with Crippen molar-refractivity contribution in [1.29, 1.82) is 0 Å². The summed E-state index contributed by atoms with van der Waals surface area (Å²) in [5.74, 6) is 1.98. The van der Waals surface area contributed by atoms with Gasteiger partial charge in [0, 0.05) is 21.9 Å². The molecule has 0 radical (unpaired) electrons. The van der Waals surface area contributed by atoms with E-state index in [1.807, 2.05) is 49.4 Å². The molecule has 0 aliphatic carbocycles. The van der Waals surface area contributed by atoms with E-state index >= 15 is 0 Å². The van der Waals surface area contributed by atoms with E-state index in [4.69, 9.17) is 4.74 Å². The van der Waals surface area contributed by atoms with Gasteiger partial charge in [-0.3, -0.25) is 0 Å². The van der Waals surface area contributed by atoms with Crippen molar-refractivity contribution < 1.29 is 4.74 Å². The van der Waals surface area contributed by atoms with E-state index in [1.165, 1.54) is 5.56 Å². The van der Waals surface area contributed by atoms with Gasteiger partial charge in [-0.05, 0) is 43.7 Å². The molecule has 0 bridgehead atoms. The maximum absolute atomic E-state index is 5.36. The smallest absolute Gasteiger partial charge is 0.229 e. The summed E-state index contributed by atoms with van der Waals surface area (Å²) in [6, 6.07) is 15.7. The maximum atomic E-state index is 5.36. The van der Waals surface area contributed by atoms with Crippen LogP contribution in [0, 0.1) is 13.8 Å². The molecule has 0 saturated carbocycles. The van der Waals surface area contributed by atoms with Crippen LogP contribution >= 0.6 is 15.9 Å². The van der Waals surface area contributed by atoms with Crippen molar-refractivity contribution in [3.8, 4) is 5.75 Å². The average Bonchev–Trinajstić information content (AvgIpc) is 2.58. The Morgan fingerprint density at radius 3 is 2.52 bits per heavy atom. The van der Waals surface area contributed by atoms with Crippen molar-refractivity contribution in [1.82, 2.24) is 9.97 Å². The van der Waals surface area contributed by atoms with Crippen LogP contribution in [0.25, 0.3) is 0 Å². The van der Waals surface area contributed by atoms with Crippen molar-refractivity contribution in [3.05, 3.63) is 64.3 Å². The van der Waals surface area contributed by atoms with E-state index in [2.05, 4.69) is 49.5 Å². The summed E-state index contributed by atoms with van der Waals surface area (Å²) < 4.78 is 6.41. The molecule has 25 heavy (non-hydrogen) atoms. The van der Waals surface area contributed by atoms with Crippen LogP contribution < -0.4 is 15.4 Å². The minimum atomic E-state index is 0.512. The molecular weight excluding hydrogens is 380 g/mol. The Balaban J connectivity index is 1.86. The number of nitrogens with zero attached hydrogens (tertiary/aromatic N) is 2. The molecule has 0 spiro atoms. The molecule has 5 nitrogen and oxygen atoms in total. The highest BCUT2D eigenvalue weighted by Crippen LogP contribution is 2.27. The van der Waals surface area contributed by atoms with E-state index in [-0.39, 0.29) is 0 Å². The number of ether oxygens (including phenoxy) is 1. The third kappa shape index (κ3) is 4.28. The van der Waals surface area contributed by atoms with E-state index in [1.54, 1.807) is 7.11 Å². The van der Waals surface area contributed by atoms with E-state index < -0.39 is 0 Å². The Morgan fingerprint density at radius 2 is 1.76 bits per heavy atom. The molecule has 2 aromatic carbocycles. The number of anilines is 4. The fourth-order valence-corrected chi connectivity index (χ4v) is 2.75. The Labute approximate surface area is 155 Å².